The van der Waals surface area contributed by atoms with E-state index in [1.807, 2.05) is 21.1 Å². The zero-order valence-corrected chi connectivity index (χ0v) is 45.4. The van der Waals surface area contributed by atoms with E-state index in [4.69, 9.17) is 14.2 Å². The van der Waals surface area contributed by atoms with Crippen LogP contribution in [0.25, 0.3) is 0 Å². The molecule has 0 bridgehead atoms. The highest BCUT2D eigenvalue weighted by molar-refractivity contribution is 5.70. The minimum absolute atomic E-state index is 0.00351. The van der Waals surface area contributed by atoms with E-state index in [0.29, 0.717) is 23.7 Å². The minimum Gasteiger partial charge on any atom is -0.459 e. The van der Waals surface area contributed by atoms with E-state index in [0.717, 1.165) is 135 Å². The molecule has 0 atom stereocenters. The summed E-state index contributed by atoms with van der Waals surface area (Å²) in [5.41, 5.74) is -0.934. The van der Waals surface area contributed by atoms with E-state index < -0.39 is 5.54 Å². The van der Waals surface area contributed by atoms with Crippen molar-refractivity contribution >= 4 is 17.9 Å². The Balaban J connectivity index is 4.93. The molecule has 0 aliphatic heterocycles. The summed E-state index contributed by atoms with van der Waals surface area (Å²) in [5, 5.41) is 0. The number of quaternary nitrogens is 1. The van der Waals surface area contributed by atoms with E-state index in [-0.39, 0.29) is 37.7 Å². The minimum atomic E-state index is -0.934. The van der Waals surface area contributed by atoms with E-state index >= 15 is 0 Å². The number of rotatable bonds is 49. The van der Waals surface area contributed by atoms with Gasteiger partial charge in [0.05, 0.1) is 21.1 Å². The number of carbonyl (C=O) groups excluding carboxylic acids is 3. The molecular formula is C61H108NO6+. The average molecular weight is 952 g/mol. The third-order valence-electron chi connectivity index (χ3n) is 12.9. The third kappa shape index (κ3) is 42.9. The van der Waals surface area contributed by atoms with Crippen molar-refractivity contribution in [2.45, 2.75) is 257 Å². The molecule has 392 valence electrons. The van der Waals surface area contributed by atoms with Crippen molar-refractivity contribution in [1.29, 1.82) is 0 Å². The Bertz CT molecular complexity index is 1200. The van der Waals surface area contributed by atoms with Crippen LogP contribution in [0.4, 0.5) is 0 Å². The number of unbranched alkanes of at least 4 members (excludes halogenated alkanes) is 24. The summed E-state index contributed by atoms with van der Waals surface area (Å²) in [6.07, 6.45) is 65.4. The predicted molar refractivity (Wildman–Crippen MR) is 292 cm³/mol. The monoisotopic (exact) mass is 951 g/mol. The molecule has 0 aliphatic rings. The maximum Gasteiger partial charge on any atom is 0.306 e. The van der Waals surface area contributed by atoms with Gasteiger partial charge in [-0.15, -0.1) is 0 Å². The van der Waals surface area contributed by atoms with Gasteiger partial charge in [0.25, 0.3) is 0 Å². The van der Waals surface area contributed by atoms with Gasteiger partial charge in [-0.05, 0) is 116 Å². The molecule has 0 saturated heterocycles. The largest absolute Gasteiger partial charge is 0.459 e. The summed E-state index contributed by atoms with van der Waals surface area (Å²) in [6, 6.07) is 0. The highest BCUT2D eigenvalue weighted by Gasteiger charge is 2.47. The number of nitrogens with zero attached hydrogens (tertiary/aromatic N) is 1. The van der Waals surface area contributed by atoms with E-state index in [9.17, 15) is 14.4 Å². The third-order valence-corrected chi connectivity index (χ3v) is 12.9. The summed E-state index contributed by atoms with van der Waals surface area (Å²) in [4.78, 5) is 39.3. The van der Waals surface area contributed by atoms with Crippen LogP contribution in [0.3, 0.4) is 0 Å². The Labute approximate surface area is 420 Å². The van der Waals surface area contributed by atoms with Gasteiger partial charge < -0.3 is 18.7 Å². The number of likely N-dealkylation sites (N-methyl/N-ethyl adjacent to an activating group) is 1. The van der Waals surface area contributed by atoms with Crippen molar-refractivity contribution in [3.63, 3.8) is 0 Å². The molecular weight excluding hydrogens is 843 g/mol. The highest BCUT2D eigenvalue weighted by atomic mass is 16.6. The molecule has 0 fully saturated rings. The van der Waals surface area contributed by atoms with Crippen LogP contribution in [0, 0.1) is 0 Å². The maximum absolute atomic E-state index is 13.1. The van der Waals surface area contributed by atoms with Gasteiger partial charge in [-0.25, -0.2) is 0 Å². The molecule has 0 spiro atoms. The molecule has 68 heavy (non-hydrogen) atoms. The van der Waals surface area contributed by atoms with Crippen LogP contribution in [0.15, 0.2) is 72.9 Å². The Morgan fingerprint density at radius 3 is 0.779 bits per heavy atom. The number of esters is 3. The molecule has 0 radical (unpaired) electrons. The maximum atomic E-state index is 13.1. The van der Waals surface area contributed by atoms with Crippen molar-refractivity contribution in [3.8, 4) is 0 Å². The fourth-order valence-corrected chi connectivity index (χ4v) is 7.81. The molecule has 0 aromatic heterocycles. The molecule has 0 heterocycles. The van der Waals surface area contributed by atoms with Crippen molar-refractivity contribution in [1.82, 2.24) is 0 Å². The Hall–Kier alpha value is -3.19. The molecule has 0 rings (SSSR count). The molecule has 0 amide bonds. The standard InChI is InChI=1S/C61H108NO6/c1-7-10-13-16-19-22-25-28-31-34-37-40-43-46-49-52-58(63)66-55-61(62(4,5)6,56-67-59(64)53-50-47-44-41-38-35-32-29-26-23-20-17-14-11-8-2)57-68-60(65)54-51-48-45-42-39-36-33-30-27-24-21-18-15-12-9-3/h19-24,28-33H,7-18,25-27,34-57H2,1-6H3/q+1/b22-19-,23-20-,24-21-,31-28-,32-29-,33-30-. The number of ether oxygens (including phenoxy) is 3. The summed E-state index contributed by atoms with van der Waals surface area (Å²) in [5.74, 6) is -0.788. The fraction of sp³-hybridized carbons (Fsp3) is 0.754. The number of hydrogen-bond acceptors (Lipinski definition) is 6. The molecule has 7 nitrogen and oxygen atoms in total. The van der Waals surface area contributed by atoms with E-state index in [1.165, 1.54) is 77.0 Å². The summed E-state index contributed by atoms with van der Waals surface area (Å²) >= 11 is 0. The van der Waals surface area contributed by atoms with Gasteiger partial charge >= 0.3 is 17.9 Å². The molecule has 0 aromatic rings. The second kappa shape index (κ2) is 48.8. The predicted octanol–water partition coefficient (Wildman–Crippen LogP) is 17.5. The smallest absolute Gasteiger partial charge is 0.306 e. The molecule has 7 heteroatoms. The van der Waals surface area contributed by atoms with Crippen molar-refractivity contribution in [2.75, 3.05) is 41.0 Å². The van der Waals surface area contributed by atoms with E-state index in [1.54, 1.807) is 0 Å². The molecule has 0 N–H and O–H groups in total. The molecule has 0 aromatic carbocycles. The van der Waals surface area contributed by atoms with Gasteiger partial charge in [0.15, 0.2) is 19.8 Å². The lowest BCUT2D eigenvalue weighted by Crippen LogP contribution is -2.65. The second-order valence-corrected chi connectivity index (χ2v) is 20.2. The summed E-state index contributed by atoms with van der Waals surface area (Å²) in [7, 11) is 5.95. The second-order valence-electron chi connectivity index (χ2n) is 20.2. The lowest BCUT2D eigenvalue weighted by Gasteiger charge is -2.44. The number of hydrogen-bond donors (Lipinski definition) is 0. The van der Waals surface area contributed by atoms with Crippen LogP contribution in [-0.2, 0) is 28.6 Å². The first kappa shape index (κ1) is 64.8. The van der Waals surface area contributed by atoms with Crippen LogP contribution < -0.4 is 0 Å². The summed E-state index contributed by atoms with van der Waals surface area (Å²) in [6.45, 7) is 6.73. The van der Waals surface area contributed by atoms with Gasteiger partial charge in [0, 0.05) is 19.3 Å². The summed E-state index contributed by atoms with van der Waals surface area (Å²) < 4.78 is 18.1. The van der Waals surface area contributed by atoms with E-state index in [2.05, 4.69) is 93.7 Å². The zero-order chi connectivity index (χ0) is 49.9. The first-order chi connectivity index (χ1) is 33.1. The first-order valence-corrected chi connectivity index (χ1v) is 28.3. The van der Waals surface area contributed by atoms with Crippen LogP contribution in [-0.4, -0.2) is 68.9 Å². The Kier molecular flexibility index (Phi) is 46.5. The lowest BCUT2D eigenvalue weighted by molar-refractivity contribution is -0.925. The SMILES string of the molecule is CCCCC/C=C\C/C=C\CCCCCCCC(=O)OCC(COC(=O)CCCCCCC/C=C\C/C=C\CCCCC)(COC(=O)CCCCCCC/C=C\C/C=C\CCCCC)[N+](C)(C)C. The van der Waals surface area contributed by atoms with Gasteiger partial charge in [-0.3, -0.25) is 14.4 Å². The van der Waals surface area contributed by atoms with Crippen molar-refractivity contribution < 1.29 is 33.1 Å². The highest BCUT2D eigenvalue weighted by Crippen LogP contribution is 2.24. The Morgan fingerprint density at radius 1 is 0.324 bits per heavy atom. The molecule has 0 aliphatic carbocycles. The normalized spacial score (nSPS) is 12.6. The van der Waals surface area contributed by atoms with Gasteiger partial charge in [0.2, 0.25) is 5.54 Å². The van der Waals surface area contributed by atoms with Gasteiger partial charge in [0.1, 0.15) is 0 Å². The first-order valence-electron chi connectivity index (χ1n) is 28.3. The van der Waals surface area contributed by atoms with Crippen molar-refractivity contribution in [2.24, 2.45) is 0 Å². The van der Waals surface area contributed by atoms with Crippen LogP contribution in [0.5, 0.6) is 0 Å². The molecule has 0 saturated carbocycles. The van der Waals surface area contributed by atoms with Crippen LogP contribution in [0.2, 0.25) is 0 Å². The van der Waals surface area contributed by atoms with Crippen molar-refractivity contribution in [3.05, 3.63) is 72.9 Å². The average Bonchev–Trinajstić information content (AvgIpc) is 3.32. The fourth-order valence-electron chi connectivity index (χ4n) is 7.81. The quantitative estimate of drug-likeness (QED) is 0.0199. The van der Waals surface area contributed by atoms with Gasteiger partial charge in [-0.1, -0.05) is 190 Å². The lowest BCUT2D eigenvalue weighted by atomic mass is 9.98. The van der Waals surface area contributed by atoms with Gasteiger partial charge in [-0.2, -0.15) is 0 Å². The van der Waals surface area contributed by atoms with Crippen LogP contribution in [0.1, 0.15) is 252 Å². The topological polar surface area (TPSA) is 78.9 Å². The van der Waals surface area contributed by atoms with Crippen LogP contribution >= 0.6 is 0 Å². The zero-order valence-electron chi connectivity index (χ0n) is 45.4. The number of allylic oxidation sites excluding steroid dienone is 12. The number of carbonyl (C=O) groups is 3. The molecule has 0 unspecified atom stereocenters. The Morgan fingerprint density at radius 2 is 0.544 bits per heavy atom.